The molecular formula is C14H11ClFNO2. The Balaban J connectivity index is 1.91. The predicted molar refractivity (Wildman–Crippen MR) is 72.0 cm³/mol. The van der Waals surface area contributed by atoms with E-state index in [1.807, 2.05) is 6.07 Å². The average Bonchev–Trinajstić information content (AvgIpc) is 2.41. The second-order valence-corrected chi connectivity index (χ2v) is 4.21. The smallest absolute Gasteiger partial charge is 0.262 e. The lowest BCUT2D eigenvalue weighted by molar-refractivity contribution is -0.118. The molecule has 0 aliphatic rings. The Morgan fingerprint density at radius 3 is 2.63 bits per heavy atom. The van der Waals surface area contributed by atoms with Crippen LogP contribution in [-0.2, 0) is 4.79 Å². The van der Waals surface area contributed by atoms with Gasteiger partial charge in [-0.15, -0.1) is 0 Å². The third-order valence-corrected chi connectivity index (χ3v) is 2.55. The molecule has 0 aliphatic heterocycles. The summed E-state index contributed by atoms with van der Waals surface area (Å²) in [4.78, 5) is 11.6. The molecule has 0 saturated carbocycles. The summed E-state index contributed by atoms with van der Waals surface area (Å²) in [6.07, 6.45) is 0. The molecule has 0 spiro atoms. The number of anilines is 1. The van der Waals surface area contributed by atoms with Crippen LogP contribution >= 0.6 is 11.6 Å². The van der Waals surface area contributed by atoms with Crippen molar-refractivity contribution in [2.24, 2.45) is 0 Å². The van der Waals surface area contributed by atoms with Gasteiger partial charge in [0.1, 0.15) is 11.6 Å². The van der Waals surface area contributed by atoms with Gasteiger partial charge >= 0.3 is 0 Å². The van der Waals surface area contributed by atoms with Crippen molar-refractivity contribution in [2.45, 2.75) is 0 Å². The summed E-state index contributed by atoms with van der Waals surface area (Å²) in [5.74, 6) is -0.445. The van der Waals surface area contributed by atoms with Crippen LogP contribution in [0.15, 0.2) is 48.5 Å². The van der Waals surface area contributed by atoms with E-state index in [1.54, 1.807) is 24.3 Å². The van der Waals surface area contributed by atoms with Gasteiger partial charge in [-0.05, 0) is 30.3 Å². The van der Waals surface area contributed by atoms with Crippen molar-refractivity contribution >= 4 is 23.2 Å². The number of halogens is 2. The first-order valence-corrected chi connectivity index (χ1v) is 5.96. The largest absolute Gasteiger partial charge is 0.484 e. The summed E-state index contributed by atoms with van der Waals surface area (Å²) in [5.41, 5.74) is 0.0751. The van der Waals surface area contributed by atoms with Crippen LogP contribution in [0.5, 0.6) is 5.75 Å². The number of carbonyl (C=O) groups excluding carboxylic acids is 1. The quantitative estimate of drug-likeness (QED) is 0.930. The van der Waals surface area contributed by atoms with Gasteiger partial charge in [-0.1, -0.05) is 29.8 Å². The SMILES string of the molecule is O=C(COc1ccccc1)Nc1ccc(Cl)cc1F. The monoisotopic (exact) mass is 279 g/mol. The van der Waals surface area contributed by atoms with Gasteiger partial charge in [-0.25, -0.2) is 4.39 Å². The number of hydrogen-bond donors (Lipinski definition) is 1. The number of rotatable bonds is 4. The standard InChI is InChI=1S/C14H11ClFNO2/c15-10-6-7-13(12(16)8-10)17-14(18)9-19-11-4-2-1-3-5-11/h1-8H,9H2,(H,17,18). The summed E-state index contributed by atoms with van der Waals surface area (Å²) in [5, 5.41) is 2.68. The maximum Gasteiger partial charge on any atom is 0.262 e. The van der Waals surface area contributed by atoms with E-state index in [0.717, 1.165) is 6.07 Å². The molecule has 0 fully saturated rings. The first-order chi connectivity index (χ1) is 9.15. The van der Waals surface area contributed by atoms with Crippen molar-refractivity contribution in [3.05, 3.63) is 59.4 Å². The highest BCUT2D eigenvalue weighted by atomic mass is 35.5. The first-order valence-electron chi connectivity index (χ1n) is 5.58. The molecule has 0 aliphatic carbocycles. The van der Waals surface area contributed by atoms with Crippen molar-refractivity contribution in [3.8, 4) is 5.75 Å². The maximum atomic E-state index is 13.4. The van der Waals surface area contributed by atoms with Gasteiger partial charge in [0.2, 0.25) is 0 Å². The minimum Gasteiger partial charge on any atom is -0.484 e. The van der Waals surface area contributed by atoms with Gasteiger partial charge in [-0.2, -0.15) is 0 Å². The molecule has 2 aromatic rings. The minimum absolute atomic E-state index is 0.0751. The number of benzene rings is 2. The Bertz CT molecular complexity index is 575. The summed E-state index contributed by atoms with van der Waals surface area (Å²) >= 11 is 5.62. The number of amides is 1. The second-order valence-electron chi connectivity index (χ2n) is 3.77. The zero-order chi connectivity index (χ0) is 13.7. The van der Waals surface area contributed by atoms with Crippen LogP contribution in [0.2, 0.25) is 5.02 Å². The fourth-order valence-electron chi connectivity index (χ4n) is 1.44. The summed E-state index contributed by atoms with van der Waals surface area (Å²) in [6, 6.07) is 12.9. The Labute approximate surface area is 115 Å². The van der Waals surface area contributed by atoms with E-state index in [2.05, 4.69) is 5.32 Å². The Morgan fingerprint density at radius 2 is 1.95 bits per heavy atom. The summed E-state index contributed by atoms with van der Waals surface area (Å²) < 4.78 is 18.7. The molecule has 2 aromatic carbocycles. The van der Waals surface area contributed by atoms with Crippen molar-refractivity contribution in [2.75, 3.05) is 11.9 Å². The van der Waals surface area contributed by atoms with E-state index < -0.39 is 11.7 Å². The first kappa shape index (κ1) is 13.4. The molecule has 3 nitrogen and oxygen atoms in total. The van der Waals surface area contributed by atoms with E-state index in [1.165, 1.54) is 12.1 Å². The van der Waals surface area contributed by atoms with Crippen LogP contribution in [0.4, 0.5) is 10.1 Å². The summed E-state index contributed by atoms with van der Waals surface area (Å²) in [6.45, 7) is -0.188. The molecule has 19 heavy (non-hydrogen) atoms. The molecule has 2 rings (SSSR count). The number of para-hydroxylation sites is 1. The molecular weight excluding hydrogens is 269 g/mol. The molecule has 0 unspecified atom stereocenters. The van der Waals surface area contributed by atoms with E-state index in [9.17, 15) is 9.18 Å². The molecule has 0 bridgehead atoms. The summed E-state index contributed by atoms with van der Waals surface area (Å²) in [7, 11) is 0. The lowest BCUT2D eigenvalue weighted by Crippen LogP contribution is -2.20. The van der Waals surface area contributed by atoms with Gasteiger partial charge in [0.15, 0.2) is 6.61 Å². The van der Waals surface area contributed by atoms with E-state index >= 15 is 0 Å². The molecule has 0 heterocycles. The number of hydrogen-bond acceptors (Lipinski definition) is 2. The predicted octanol–water partition coefficient (Wildman–Crippen LogP) is 3.50. The molecule has 98 valence electrons. The van der Waals surface area contributed by atoms with E-state index in [4.69, 9.17) is 16.3 Å². The van der Waals surface area contributed by atoms with Crippen LogP contribution in [0, 0.1) is 5.82 Å². The highest BCUT2D eigenvalue weighted by Gasteiger charge is 2.08. The molecule has 5 heteroatoms. The average molecular weight is 280 g/mol. The highest BCUT2D eigenvalue weighted by Crippen LogP contribution is 2.18. The van der Waals surface area contributed by atoms with Crippen molar-refractivity contribution in [3.63, 3.8) is 0 Å². The maximum absolute atomic E-state index is 13.4. The Morgan fingerprint density at radius 1 is 1.21 bits per heavy atom. The third-order valence-electron chi connectivity index (χ3n) is 2.32. The highest BCUT2D eigenvalue weighted by molar-refractivity contribution is 6.30. The van der Waals surface area contributed by atoms with Gasteiger partial charge in [-0.3, -0.25) is 4.79 Å². The Kier molecular flexibility index (Phi) is 4.36. The number of nitrogens with one attached hydrogen (secondary N) is 1. The van der Waals surface area contributed by atoms with Crippen molar-refractivity contribution < 1.29 is 13.9 Å². The second kappa shape index (κ2) is 6.20. The van der Waals surface area contributed by atoms with Crippen LogP contribution in [-0.4, -0.2) is 12.5 Å². The Hall–Kier alpha value is -2.07. The topological polar surface area (TPSA) is 38.3 Å². The lowest BCUT2D eigenvalue weighted by atomic mass is 10.3. The third kappa shape index (κ3) is 3.96. The van der Waals surface area contributed by atoms with Gasteiger partial charge in [0.05, 0.1) is 5.69 Å². The minimum atomic E-state index is -0.583. The molecule has 0 saturated heterocycles. The molecule has 1 amide bonds. The van der Waals surface area contributed by atoms with E-state index in [0.29, 0.717) is 5.75 Å². The van der Waals surface area contributed by atoms with Crippen molar-refractivity contribution in [1.29, 1.82) is 0 Å². The molecule has 1 N–H and O–H groups in total. The normalized spacial score (nSPS) is 10.0. The molecule has 0 aromatic heterocycles. The lowest BCUT2D eigenvalue weighted by Gasteiger charge is -2.08. The fraction of sp³-hybridized carbons (Fsp3) is 0.0714. The van der Waals surface area contributed by atoms with Crippen LogP contribution < -0.4 is 10.1 Å². The van der Waals surface area contributed by atoms with Crippen LogP contribution in [0.3, 0.4) is 0 Å². The van der Waals surface area contributed by atoms with Gasteiger partial charge < -0.3 is 10.1 Å². The number of ether oxygens (including phenoxy) is 1. The van der Waals surface area contributed by atoms with Crippen LogP contribution in [0.25, 0.3) is 0 Å². The van der Waals surface area contributed by atoms with Gasteiger partial charge in [0, 0.05) is 5.02 Å². The van der Waals surface area contributed by atoms with Gasteiger partial charge in [0.25, 0.3) is 5.91 Å². The zero-order valence-corrected chi connectivity index (χ0v) is 10.7. The molecule has 0 radical (unpaired) electrons. The zero-order valence-electron chi connectivity index (χ0n) is 9.90. The molecule has 0 atom stereocenters. The number of carbonyl (C=O) groups is 1. The van der Waals surface area contributed by atoms with Crippen molar-refractivity contribution in [1.82, 2.24) is 0 Å². The van der Waals surface area contributed by atoms with E-state index in [-0.39, 0.29) is 17.3 Å². The fourth-order valence-corrected chi connectivity index (χ4v) is 1.60. The van der Waals surface area contributed by atoms with Crippen LogP contribution in [0.1, 0.15) is 0 Å².